The number of esters is 2. The van der Waals surface area contributed by atoms with Crippen LogP contribution in [0.4, 0.5) is 4.79 Å². The van der Waals surface area contributed by atoms with Gasteiger partial charge in [-0.25, -0.2) is 14.5 Å². The van der Waals surface area contributed by atoms with Crippen molar-refractivity contribution in [1.29, 1.82) is 5.26 Å². The van der Waals surface area contributed by atoms with Crippen molar-refractivity contribution in [2.45, 2.75) is 59.1 Å². The summed E-state index contributed by atoms with van der Waals surface area (Å²) in [4.78, 5) is 50.7. The molecule has 1 aliphatic rings. The first-order chi connectivity index (χ1) is 12.0. The molecule has 0 aliphatic carbocycles. The number of hydrogen-bond acceptors (Lipinski definition) is 8. The molecule has 0 aromatic rings. The number of rotatable bonds is 5. The van der Waals surface area contributed by atoms with Crippen molar-refractivity contribution in [2.24, 2.45) is 5.41 Å². The summed E-state index contributed by atoms with van der Waals surface area (Å²) in [6.07, 6.45) is -2.00. The van der Waals surface area contributed by atoms with Crippen LogP contribution in [0, 0.1) is 16.7 Å². The Morgan fingerprint density at radius 3 is 2.27 bits per heavy atom. The molecule has 9 nitrogen and oxygen atoms in total. The molecule has 26 heavy (non-hydrogen) atoms. The van der Waals surface area contributed by atoms with Crippen molar-refractivity contribution in [3.63, 3.8) is 0 Å². The van der Waals surface area contributed by atoms with Crippen LogP contribution in [0.1, 0.15) is 47.5 Å². The summed E-state index contributed by atoms with van der Waals surface area (Å²) >= 11 is 0. The minimum atomic E-state index is -1.95. The Bertz CT molecular complexity index is 632. The first-order valence-corrected chi connectivity index (χ1v) is 8.31. The van der Waals surface area contributed by atoms with E-state index in [1.165, 1.54) is 0 Å². The number of likely N-dealkylation sites (tertiary alicyclic amines) is 1. The summed E-state index contributed by atoms with van der Waals surface area (Å²) in [5.41, 5.74) is -2.87. The summed E-state index contributed by atoms with van der Waals surface area (Å²) in [7, 11) is 0. The number of hydrogen-bond donors (Lipinski definition) is 0. The number of nitriles is 1. The SMILES string of the molecule is CCOC(=O)[C@@H]1C[C@@](CC#N)(C(=O)OCC)C(=O)N1C(=O)OC(C)(C)C. The first kappa shape index (κ1) is 21.4. The lowest BCUT2D eigenvalue weighted by molar-refractivity contribution is -0.160. The fourth-order valence-corrected chi connectivity index (χ4v) is 2.62. The average Bonchev–Trinajstić information content (AvgIpc) is 2.81. The summed E-state index contributed by atoms with van der Waals surface area (Å²) < 4.78 is 15.0. The number of carbonyl (C=O) groups is 4. The Morgan fingerprint density at radius 2 is 1.81 bits per heavy atom. The second-order valence-corrected chi connectivity index (χ2v) is 6.76. The second kappa shape index (κ2) is 8.17. The quantitative estimate of drug-likeness (QED) is 0.407. The summed E-state index contributed by atoms with van der Waals surface area (Å²) in [6, 6.07) is 0.401. The fraction of sp³-hybridized carbons (Fsp3) is 0.706. The van der Waals surface area contributed by atoms with Gasteiger partial charge < -0.3 is 14.2 Å². The van der Waals surface area contributed by atoms with Gasteiger partial charge in [0.2, 0.25) is 0 Å². The fourth-order valence-electron chi connectivity index (χ4n) is 2.62. The zero-order chi connectivity index (χ0) is 20.1. The Kier molecular flexibility index (Phi) is 6.73. The third-order valence-electron chi connectivity index (χ3n) is 3.68. The van der Waals surface area contributed by atoms with Crippen molar-refractivity contribution >= 4 is 23.9 Å². The van der Waals surface area contributed by atoms with E-state index >= 15 is 0 Å². The van der Waals surface area contributed by atoms with Crippen molar-refractivity contribution in [3.05, 3.63) is 0 Å². The van der Waals surface area contributed by atoms with Crippen molar-refractivity contribution in [3.8, 4) is 6.07 Å². The molecule has 2 amide bonds. The Balaban J connectivity index is 3.36. The molecule has 1 heterocycles. The van der Waals surface area contributed by atoms with E-state index in [9.17, 15) is 19.2 Å². The third-order valence-corrected chi connectivity index (χ3v) is 3.68. The molecule has 0 N–H and O–H groups in total. The van der Waals surface area contributed by atoms with E-state index in [0.717, 1.165) is 0 Å². The molecule has 1 saturated heterocycles. The molecule has 1 fully saturated rings. The molecular formula is C17H24N2O7. The van der Waals surface area contributed by atoms with Gasteiger partial charge in [0, 0.05) is 6.42 Å². The van der Waals surface area contributed by atoms with Crippen LogP contribution in [-0.2, 0) is 28.6 Å². The van der Waals surface area contributed by atoms with E-state index in [1.807, 2.05) is 0 Å². The van der Waals surface area contributed by atoms with E-state index in [4.69, 9.17) is 19.5 Å². The van der Waals surface area contributed by atoms with Crippen LogP contribution in [0.2, 0.25) is 0 Å². The molecule has 0 aromatic heterocycles. The molecule has 1 rings (SSSR count). The largest absolute Gasteiger partial charge is 0.465 e. The van der Waals surface area contributed by atoms with E-state index < -0.39 is 53.8 Å². The van der Waals surface area contributed by atoms with Gasteiger partial charge >= 0.3 is 18.0 Å². The Labute approximate surface area is 152 Å². The zero-order valence-corrected chi connectivity index (χ0v) is 15.7. The predicted molar refractivity (Wildman–Crippen MR) is 87.4 cm³/mol. The molecule has 0 spiro atoms. The molecule has 9 heteroatoms. The van der Waals surface area contributed by atoms with Crippen LogP contribution in [0.15, 0.2) is 0 Å². The molecule has 2 atom stereocenters. The highest BCUT2D eigenvalue weighted by Gasteiger charge is 2.62. The Hall–Kier alpha value is -2.63. The van der Waals surface area contributed by atoms with Crippen LogP contribution in [0.25, 0.3) is 0 Å². The summed E-state index contributed by atoms with van der Waals surface area (Å²) in [5.74, 6) is -2.80. The zero-order valence-electron chi connectivity index (χ0n) is 15.7. The summed E-state index contributed by atoms with van der Waals surface area (Å²) in [6.45, 7) is 7.91. The maximum Gasteiger partial charge on any atom is 0.417 e. The maximum atomic E-state index is 12.9. The minimum Gasteiger partial charge on any atom is -0.465 e. The van der Waals surface area contributed by atoms with Crippen molar-refractivity contribution in [1.82, 2.24) is 4.90 Å². The van der Waals surface area contributed by atoms with Crippen molar-refractivity contribution < 1.29 is 33.4 Å². The number of nitrogens with zero attached hydrogens (tertiary/aromatic N) is 2. The molecular weight excluding hydrogens is 344 g/mol. The highest BCUT2D eigenvalue weighted by atomic mass is 16.6. The van der Waals surface area contributed by atoms with Gasteiger partial charge in [-0.2, -0.15) is 5.26 Å². The van der Waals surface area contributed by atoms with Gasteiger partial charge in [0.25, 0.3) is 5.91 Å². The second-order valence-electron chi connectivity index (χ2n) is 6.76. The third kappa shape index (κ3) is 4.31. The molecule has 1 aliphatic heterocycles. The number of ether oxygens (including phenoxy) is 3. The number of carbonyl (C=O) groups excluding carboxylic acids is 4. The predicted octanol–water partition coefficient (Wildman–Crippen LogP) is 1.55. The van der Waals surface area contributed by atoms with Crippen molar-refractivity contribution in [2.75, 3.05) is 13.2 Å². The normalized spacial score (nSPS) is 22.5. The smallest absolute Gasteiger partial charge is 0.417 e. The monoisotopic (exact) mass is 368 g/mol. The van der Waals surface area contributed by atoms with E-state index in [2.05, 4.69) is 0 Å². The maximum absolute atomic E-state index is 12.9. The summed E-state index contributed by atoms with van der Waals surface area (Å²) in [5, 5.41) is 9.11. The topological polar surface area (TPSA) is 123 Å². The van der Waals surface area contributed by atoms with Crippen LogP contribution < -0.4 is 0 Å². The minimum absolute atomic E-state index is 0.0181. The van der Waals surface area contributed by atoms with Crippen LogP contribution in [0.5, 0.6) is 0 Å². The van der Waals surface area contributed by atoms with Gasteiger partial charge in [-0.3, -0.25) is 9.59 Å². The van der Waals surface area contributed by atoms with E-state index in [-0.39, 0.29) is 13.2 Å². The van der Waals surface area contributed by atoms with Crippen LogP contribution in [-0.4, -0.2) is 53.7 Å². The molecule has 0 radical (unpaired) electrons. The van der Waals surface area contributed by atoms with Gasteiger partial charge in [-0.05, 0) is 34.6 Å². The van der Waals surface area contributed by atoms with Gasteiger partial charge in [-0.15, -0.1) is 0 Å². The highest BCUT2D eigenvalue weighted by molar-refractivity contribution is 6.12. The van der Waals surface area contributed by atoms with Gasteiger partial charge in [0.1, 0.15) is 11.6 Å². The van der Waals surface area contributed by atoms with E-state index in [1.54, 1.807) is 40.7 Å². The molecule has 0 unspecified atom stereocenters. The standard InChI is InChI=1S/C17H24N2O7/c1-6-24-12(20)11-10-17(8-9-18,14(22)25-7-2)13(21)19(11)15(23)26-16(3,4)5/h11H,6-8,10H2,1-5H3/t11-,17+/m0/s1. The number of amides is 2. The van der Waals surface area contributed by atoms with Crippen LogP contribution in [0.3, 0.4) is 0 Å². The molecule has 144 valence electrons. The molecule has 0 saturated carbocycles. The van der Waals surface area contributed by atoms with Gasteiger partial charge in [0.15, 0.2) is 5.41 Å². The first-order valence-electron chi connectivity index (χ1n) is 8.31. The Morgan fingerprint density at radius 1 is 1.23 bits per heavy atom. The van der Waals surface area contributed by atoms with Crippen LogP contribution >= 0.6 is 0 Å². The highest BCUT2D eigenvalue weighted by Crippen LogP contribution is 2.41. The lowest BCUT2D eigenvalue weighted by atomic mass is 9.82. The number of imide groups is 1. The van der Waals surface area contributed by atoms with Gasteiger partial charge in [-0.1, -0.05) is 0 Å². The van der Waals surface area contributed by atoms with Gasteiger partial charge in [0.05, 0.1) is 25.7 Å². The lowest BCUT2D eigenvalue weighted by Gasteiger charge is -2.26. The van der Waals surface area contributed by atoms with E-state index in [0.29, 0.717) is 4.90 Å². The lowest BCUT2D eigenvalue weighted by Crippen LogP contribution is -2.48. The molecule has 0 bridgehead atoms. The molecule has 0 aromatic carbocycles. The average molecular weight is 368 g/mol.